The van der Waals surface area contributed by atoms with Crippen LogP contribution in [0.3, 0.4) is 0 Å². The average molecular weight is 292 g/mol. The van der Waals surface area contributed by atoms with E-state index in [9.17, 15) is 13.0 Å². The van der Waals surface area contributed by atoms with Crippen molar-refractivity contribution in [3.05, 3.63) is 65.7 Å². The van der Waals surface area contributed by atoms with Crippen LogP contribution in [-0.4, -0.2) is 13.0 Å². The smallest absolute Gasteiger partial charge is 0.326 e. The Kier molecular flexibility index (Phi) is 4.39. The number of anilines is 1. The summed E-state index contributed by atoms with van der Waals surface area (Å²) in [7, 11) is -4.33. The predicted octanol–water partition coefficient (Wildman–Crippen LogP) is 1.95. The quantitative estimate of drug-likeness (QED) is 0.825. The van der Waals surface area contributed by atoms with E-state index in [1.807, 2.05) is 18.2 Å². The van der Waals surface area contributed by atoms with Gasteiger partial charge in [-0.2, -0.15) is 8.42 Å². The average Bonchev–Trinajstić information content (AvgIpc) is 2.45. The molecule has 0 bridgehead atoms. The zero-order valence-corrected chi connectivity index (χ0v) is 11.6. The lowest BCUT2D eigenvalue weighted by Gasteiger charge is -2.21. The van der Waals surface area contributed by atoms with Gasteiger partial charge in [-0.25, -0.2) is 4.31 Å². The molecule has 0 fully saturated rings. The number of nitrogens with zero attached hydrogens (tertiary/aromatic N) is 1. The van der Waals surface area contributed by atoms with Crippen molar-refractivity contribution in [2.75, 3.05) is 4.31 Å². The molecule has 0 saturated carbocycles. The van der Waals surface area contributed by atoms with Crippen molar-refractivity contribution in [2.45, 2.75) is 13.1 Å². The standard InChI is InChI=1S/C14H16N2O3S/c15-10-12-6-8-14(9-7-12)16(20(17,18)19)11-13-4-2-1-3-5-13/h1-9H,10-11,15H2,(H,17,18,19). The monoisotopic (exact) mass is 292 g/mol. The van der Waals surface area contributed by atoms with Gasteiger partial charge in [-0.1, -0.05) is 42.5 Å². The van der Waals surface area contributed by atoms with Crippen LogP contribution in [0.15, 0.2) is 54.6 Å². The highest BCUT2D eigenvalue weighted by molar-refractivity contribution is 7.87. The first-order chi connectivity index (χ1) is 9.50. The molecule has 0 amide bonds. The molecule has 2 aromatic rings. The van der Waals surface area contributed by atoms with E-state index >= 15 is 0 Å². The molecule has 0 aliphatic heterocycles. The number of hydrogen-bond donors (Lipinski definition) is 2. The summed E-state index contributed by atoms with van der Waals surface area (Å²) < 4.78 is 33.4. The molecule has 106 valence electrons. The molecular weight excluding hydrogens is 276 g/mol. The molecule has 20 heavy (non-hydrogen) atoms. The third-order valence-electron chi connectivity index (χ3n) is 2.91. The summed E-state index contributed by atoms with van der Waals surface area (Å²) in [5.74, 6) is 0. The van der Waals surface area contributed by atoms with Crippen molar-refractivity contribution in [1.29, 1.82) is 0 Å². The molecule has 5 nitrogen and oxygen atoms in total. The first-order valence-corrected chi connectivity index (χ1v) is 7.48. The molecular formula is C14H16N2O3S. The maximum Gasteiger partial charge on any atom is 0.360 e. The second kappa shape index (κ2) is 6.04. The van der Waals surface area contributed by atoms with E-state index < -0.39 is 10.3 Å². The Morgan fingerprint density at radius 3 is 2.05 bits per heavy atom. The van der Waals surface area contributed by atoms with Crippen LogP contribution in [0.1, 0.15) is 11.1 Å². The van der Waals surface area contributed by atoms with Crippen LogP contribution in [0.2, 0.25) is 0 Å². The van der Waals surface area contributed by atoms with E-state index in [1.54, 1.807) is 36.4 Å². The molecule has 0 unspecified atom stereocenters. The topological polar surface area (TPSA) is 83.6 Å². The molecule has 2 aromatic carbocycles. The summed E-state index contributed by atoms with van der Waals surface area (Å²) in [5.41, 5.74) is 7.58. The molecule has 0 heterocycles. The Morgan fingerprint density at radius 1 is 0.950 bits per heavy atom. The Labute approximate surface area is 118 Å². The van der Waals surface area contributed by atoms with Crippen LogP contribution in [-0.2, 0) is 23.4 Å². The van der Waals surface area contributed by atoms with Crippen LogP contribution in [0.25, 0.3) is 0 Å². The molecule has 0 spiro atoms. The Balaban J connectivity index is 2.33. The minimum atomic E-state index is -4.33. The lowest BCUT2D eigenvalue weighted by molar-refractivity contribution is 0.477. The summed E-state index contributed by atoms with van der Waals surface area (Å²) in [6.07, 6.45) is 0. The molecule has 0 aliphatic carbocycles. The number of nitrogens with two attached hydrogens (primary N) is 1. The van der Waals surface area contributed by atoms with Crippen LogP contribution in [0.5, 0.6) is 0 Å². The van der Waals surface area contributed by atoms with Crippen LogP contribution in [0, 0.1) is 0 Å². The summed E-state index contributed by atoms with van der Waals surface area (Å²) in [6.45, 7) is 0.451. The van der Waals surface area contributed by atoms with Gasteiger partial charge in [0.2, 0.25) is 0 Å². The van der Waals surface area contributed by atoms with E-state index in [-0.39, 0.29) is 6.54 Å². The van der Waals surface area contributed by atoms with Gasteiger partial charge in [0.15, 0.2) is 0 Å². The SMILES string of the molecule is NCc1ccc(N(Cc2ccccc2)S(=O)(=O)O)cc1. The fraction of sp³-hybridized carbons (Fsp3) is 0.143. The first-order valence-electron chi connectivity index (χ1n) is 6.09. The molecule has 0 aliphatic rings. The van der Waals surface area contributed by atoms with Crippen molar-refractivity contribution in [1.82, 2.24) is 0 Å². The fourth-order valence-corrected chi connectivity index (χ4v) is 2.55. The zero-order chi connectivity index (χ0) is 14.6. The lowest BCUT2D eigenvalue weighted by atomic mass is 10.2. The first kappa shape index (κ1) is 14.5. The summed E-state index contributed by atoms with van der Waals surface area (Å²) in [4.78, 5) is 0. The minimum absolute atomic E-state index is 0.0711. The molecule has 0 radical (unpaired) electrons. The zero-order valence-electron chi connectivity index (χ0n) is 10.8. The van der Waals surface area contributed by atoms with Crippen molar-refractivity contribution in [3.8, 4) is 0 Å². The summed E-state index contributed by atoms with van der Waals surface area (Å²) in [5, 5.41) is 0. The summed E-state index contributed by atoms with van der Waals surface area (Å²) >= 11 is 0. The predicted molar refractivity (Wildman–Crippen MR) is 78.5 cm³/mol. The molecule has 0 aromatic heterocycles. The van der Waals surface area contributed by atoms with Gasteiger partial charge in [0.25, 0.3) is 0 Å². The third-order valence-corrected chi connectivity index (χ3v) is 3.80. The fourth-order valence-electron chi connectivity index (χ4n) is 1.85. The molecule has 2 rings (SSSR count). The highest BCUT2D eigenvalue weighted by Crippen LogP contribution is 2.20. The van der Waals surface area contributed by atoms with Crippen LogP contribution >= 0.6 is 0 Å². The molecule has 6 heteroatoms. The van der Waals surface area contributed by atoms with E-state index in [0.29, 0.717) is 12.2 Å². The van der Waals surface area contributed by atoms with Gasteiger partial charge < -0.3 is 5.73 Å². The van der Waals surface area contributed by atoms with Crippen LogP contribution in [0.4, 0.5) is 5.69 Å². The second-order valence-corrected chi connectivity index (χ2v) is 5.68. The lowest BCUT2D eigenvalue weighted by Crippen LogP contribution is -2.29. The van der Waals surface area contributed by atoms with Crippen molar-refractivity contribution in [2.24, 2.45) is 5.73 Å². The van der Waals surface area contributed by atoms with E-state index in [4.69, 9.17) is 5.73 Å². The van der Waals surface area contributed by atoms with Gasteiger partial charge in [0, 0.05) is 6.54 Å². The Morgan fingerprint density at radius 2 is 1.55 bits per heavy atom. The van der Waals surface area contributed by atoms with Crippen molar-refractivity contribution in [3.63, 3.8) is 0 Å². The van der Waals surface area contributed by atoms with Crippen molar-refractivity contribution < 1.29 is 13.0 Å². The molecule has 0 atom stereocenters. The number of benzene rings is 2. The van der Waals surface area contributed by atoms with E-state index in [2.05, 4.69) is 0 Å². The van der Waals surface area contributed by atoms with Gasteiger partial charge in [0.05, 0.1) is 12.2 Å². The maximum absolute atomic E-state index is 11.5. The van der Waals surface area contributed by atoms with Gasteiger partial charge >= 0.3 is 10.3 Å². The third kappa shape index (κ3) is 3.57. The van der Waals surface area contributed by atoms with Gasteiger partial charge in [-0.3, -0.25) is 4.55 Å². The number of rotatable bonds is 5. The number of hydrogen-bond acceptors (Lipinski definition) is 3. The van der Waals surface area contributed by atoms with Gasteiger partial charge in [-0.05, 0) is 23.3 Å². The van der Waals surface area contributed by atoms with Crippen LogP contribution < -0.4 is 10.0 Å². The Hall–Kier alpha value is -1.89. The highest BCUT2D eigenvalue weighted by Gasteiger charge is 2.19. The molecule has 0 saturated heterocycles. The Bertz CT molecular complexity index is 655. The minimum Gasteiger partial charge on any atom is -0.326 e. The normalized spacial score (nSPS) is 11.3. The summed E-state index contributed by atoms with van der Waals surface area (Å²) in [6, 6.07) is 15.8. The van der Waals surface area contributed by atoms with Gasteiger partial charge in [0.1, 0.15) is 0 Å². The highest BCUT2D eigenvalue weighted by atomic mass is 32.2. The van der Waals surface area contributed by atoms with E-state index in [0.717, 1.165) is 15.4 Å². The second-order valence-electron chi connectivity index (χ2n) is 4.34. The van der Waals surface area contributed by atoms with Gasteiger partial charge in [-0.15, -0.1) is 0 Å². The largest absolute Gasteiger partial charge is 0.360 e. The molecule has 3 N–H and O–H groups in total. The van der Waals surface area contributed by atoms with Crippen molar-refractivity contribution >= 4 is 16.0 Å². The van der Waals surface area contributed by atoms with E-state index in [1.165, 1.54) is 0 Å². The maximum atomic E-state index is 11.5.